The normalized spacial score (nSPS) is 15.3. The minimum atomic E-state index is -4.68. The minimum absolute atomic E-state index is 0.180. The highest BCUT2D eigenvalue weighted by Crippen LogP contribution is 2.31. The highest BCUT2D eigenvalue weighted by molar-refractivity contribution is 6.32. The summed E-state index contributed by atoms with van der Waals surface area (Å²) in [6.45, 7) is 5.48. The van der Waals surface area contributed by atoms with Gasteiger partial charge in [0.1, 0.15) is 5.69 Å². The molecular formula is C25H27ClF3N5O. The fourth-order valence-electron chi connectivity index (χ4n) is 4.08. The SMILES string of the molecule is CN(CCN1CCN(Cc2ccccc2)CC1)C(=O)c1cc(C(F)(F)F)nn1-c1ccccc1Cl. The van der Waals surface area contributed by atoms with Crippen LogP contribution in [0.2, 0.25) is 5.02 Å². The topological polar surface area (TPSA) is 44.6 Å². The van der Waals surface area contributed by atoms with E-state index < -0.39 is 17.8 Å². The number of carbonyl (C=O) groups excluding carboxylic acids is 1. The first-order valence-electron chi connectivity index (χ1n) is 11.4. The smallest absolute Gasteiger partial charge is 0.339 e. The van der Waals surface area contributed by atoms with Crippen LogP contribution >= 0.6 is 11.6 Å². The number of benzene rings is 2. The molecule has 1 saturated heterocycles. The van der Waals surface area contributed by atoms with E-state index in [0.29, 0.717) is 13.1 Å². The average molecular weight is 506 g/mol. The van der Waals surface area contributed by atoms with Gasteiger partial charge in [0.05, 0.1) is 10.7 Å². The van der Waals surface area contributed by atoms with Gasteiger partial charge in [-0.2, -0.15) is 18.3 Å². The average Bonchev–Trinajstić information content (AvgIpc) is 3.30. The van der Waals surface area contributed by atoms with Gasteiger partial charge in [0, 0.05) is 58.9 Å². The van der Waals surface area contributed by atoms with Gasteiger partial charge in [-0.25, -0.2) is 4.68 Å². The molecule has 1 aromatic heterocycles. The van der Waals surface area contributed by atoms with E-state index in [1.165, 1.54) is 16.5 Å². The largest absolute Gasteiger partial charge is 0.435 e. The van der Waals surface area contributed by atoms with Crippen LogP contribution in [0.15, 0.2) is 60.7 Å². The zero-order valence-corrected chi connectivity index (χ0v) is 20.1. The molecule has 0 spiro atoms. The zero-order chi connectivity index (χ0) is 25.0. The fraction of sp³-hybridized carbons (Fsp3) is 0.360. The molecule has 186 valence electrons. The second-order valence-corrected chi connectivity index (χ2v) is 9.01. The van der Waals surface area contributed by atoms with E-state index in [2.05, 4.69) is 27.0 Å². The summed E-state index contributed by atoms with van der Waals surface area (Å²) in [6, 6.07) is 17.5. The maximum atomic E-state index is 13.4. The van der Waals surface area contributed by atoms with Gasteiger partial charge in [-0.05, 0) is 17.7 Å². The summed E-state index contributed by atoms with van der Waals surface area (Å²) in [5.74, 6) is -0.546. The number of likely N-dealkylation sites (N-methyl/N-ethyl adjacent to an activating group) is 1. The van der Waals surface area contributed by atoms with Crippen LogP contribution in [-0.4, -0.2) is 76.7 Å². The lowest BCUT2D eigenvalue weighted by atomic mass is 10.2. The molecule has 0 N–H and O–H groups in total. The lowest BCUT2D eigenvalue weighted by molar-refractivity contribution is -0.141. The van der Waals surface area contributed by atoms with Crippen LogP contribution in [-0.2, 0) is 12.7 Å². The van der Waals surface area contributed by atoms with Crippen molar-refractivity contribution >= 4 is 17.5 Å². The predicted molar refractivity (Wildman–Crippen MR) is 129 cm³/mol. The Morgan fingerprint density at radius 1 is 1.00 bits per heavy atom. The molecule has 0 unspecified atom stereocenters. The summed E-state index contributed by atoms with van der Waals surface area (Å²) in [4.78, 5) is 19.2. The monoisotopic (exact) mass is 505 g/mol. The molecule has 1 fully saturated rings. The van der Waals surface area contributed by atoms with Crippen molar-refractivity contribution in [3.05, 3.63) is 82.6 Å². The number of aromatic nitrogens is 2. The third kappa shape index (κ3) is 6.22. The van der Waals surface area contributed by atoms with Crippen molar-refractivity contribution in [2.75, 3.05) is 46.3 Å². The number of alkyl halides is 3. The van der Waals surface area contributed by atoms with Gasteiger partial charge in [-0.3, -0.25) is 14.6 Å². The van der Waals surface area contributed by atoms with Crippen LogP contribution in [0.25, 0.3) is 5.69 Å². The van der Waals surface area contributed by atoms with Gasteiger partial charge in [0.2, 0.25) is 0 Å². The van der Waals surface area contributed by atoms with Gasteiger partial charge in [0.15, 0.2) is 5.69 Å². The summed E-state index contributed by atoms with van der Waals surface area (Å²) >= 11 is 6.19. The summed E-state index contributed by atoms with van der Waals surface area (Å²) in [5.41, 5.74) is 0.180. The third-order valence-corrected chi connectivity index (χ3v) is 6.43. The Labute approximate surface area is 207 Å². The zero-order valence-electron chi connectivity index (χ0n) is 19.4. The molecule has 4 rings (SSSR count). The number of hydrogen-bond donors (Lipinski definition) is 0. The van der Waals surface area contributed by atoms with E-state index in [0.717, 1.165) is 43.5 Å². The lowest BCUT2D eigenvalue weighted by Gasteiger charge is -2.35. The molecule has 1 amide bonds. The lowest BCUT2D eigenvalue weighted by Crippen LogP contribution is -2.48. The van der Waals surface area contributed by atoms with Crippen molar-refractivity contribution in [3.63, 3.8) is 0 Å². The Bertz CT molecular complexity index is 1140. The van der Waals surface area contributed by atoms with E-state index in [9.17, 15) is 18.0 Å². The molecule has 6 nitrogen and oxygen atoms in total. The Hall–Kier alpha value is -2.88. The second kappa shape index (κ2) is 10.8. The molecule has 35 heavy (non-hydrogen) atoms. The first kappa shape index (κ1) is 25.2. The van der Waals surface area contributed by atoms with Crippen molar-refractivity contribution in [1.29, 1.82) is 0 Å². The molecule has 0 bridgehead atoms. The van der Waals surface area contributed by atoms with E-state index >= 15 is 0 Å². The summed E-state index contributed by atoms with van der Waals surface area (Å²) in [6.07, 6.45) is -4.68. The summed E-state index contributed by atoms with van der Waals surface area (Å²) < 4.78 is 41.1. The first-order chi connectivity index (χ1) is 16.7. The van der Waals surface area contributed by atoms with Gasteiger partial charge in [-0.1, -0.05) is 54.1 Å². The van der Waals surface area contributed by atoms with E-state index in [1.807, 2.05) is 18.2 Å². The van der Waals surface area contributed by atoms with Crippen molar-refractivity contribution in [1.82, 2.24) is 24.5 Å². The number of nitrogens with zero attached hydrogens (tertiary/aromatic N) is 5. The second-order valence-electron chi connectivity index (χ2n) is 8.61. The molecule has 10 heteroatoms. The van der Waals surface area contributed by atoms with E-state index in [4.69, 9.17) is 11.6 Å². The maximum Gasteiger partial charge on any atom is 0.435 e. The molecule has 0 atom stereocenters. The molecular weight excluding hydrogens is 479 g/mol. The van der Waals surface area contributed by atoms with Crippen molar-refractivity contribution in [3.8, 4) is 5.69 Å². The van der Waals surface area contributed by atoms with Crippen molar-refractivity contribution < 1.29 is 18.0 Å². The summed E-state index contributed by atoms with van der Waals surface area (Å²) in [5, 5.41) is 3.86. The van der Waals surface area contributed by atoms with Gasteiger partial charge in [-0.15, -0.1) is 0 Å². The van der Waals surface area contributed by atoms with Crippen LogP contribution < -0.4 is 0 Å². The van der Waals surface area contributed by atoms with Gasteiger partial charge >= 0.3 is 6.18 Å². The Kier molecular flexibility index (Phi) is 7.78. The quantitative estimate of drug-likeness (QED) is 0.476. The number of halogens is 4. The Morgan fingerprint density at radius 3 is 2.29 bits per heavy atom. The Balaban J connectivity index is 1.38. The van der Waals surface area contributed by atoms with Crippen LogP contribution in [0.4, 0.5) is 13.2 Å². The van der Waals surface area contributed by atoms with Gasteiger partial charge in [0.25, 0.3) is 5.91 Å². The standard InChI is InChI=1S/C25H27ClF3N5O/c1-31(11-12-32-13-15-33(16-14-32)18-19-7-3-2-4-8-19)24(35)22-17-23(25(27,28)29)30-34(22)21-10-6-5-9-20(21)26/h2-10,17H,11-16,18H2,1H3. The predicted octanol–water partition coefficient (Wildman–Crippen LogP) is 4.43. The molecule has 0 saturated carbocycles. The van der Waals surface area contributed by atoms with Crippen LogP contribution in [0.5, 0.6) is 0 Å². The van der Waals surface area contributed by atoms with Crippen LogP contribution in [0.1, 0.15) is 21.7 Å². The Morgan fingerprint density at radius 2 is 1.63 bits per heavy atom. The number of hydrogen-bond acceptors (Lipinski definition) is 4. The van der Waals surface area contributed by atoms with Crippen LogP contribution in [0.3, 0.4) is 0 Å². The molecule has 1 aliphatic rings. The molecule has 0 aliphatic carbocycles. The molecule has 2 heterocycles. The van der Waals surface area contributed by atoms with Crippen molar-refractivity contribution in [2.45, 2.75) is 12.7 Å². The molecule has 1 aliphatic heterocycles. The van der Waals surface area contributed by atoms with E-state index in [-0.39, 0.29) is 16.4 Å². The molecule has 2 aromatic carbocycles. The minimum Gasteiger partial charge on any atom is -0.339 e. The summed E-state index contributed by atoms with van der Waals surface area (Å²) in [7, 11) is 1.59. The van der Waals surface area contributed by atoms with Gasteiger partial charge < -0.3 is 4.90 Å². The maximum absolute atomic E-state index is 13.4. The van der Waals surface area contributed by atoms with Crippen molar-refractivity contribution in [2.24, 2.45) is 0 Å². The number of rotatable bonds is 7. The third-order valence-electron chi connectivity index (χ3n) is 6.11. The molecule has 3 aromatic rings. The highest BCUT2D eigenvalue weighted by Gasteiger charge is 2.36. The van der Waals surface area contributed by atoms with E-state index in [1.54, 1.807) is 25.2 Å². The number of piperazine rings is 1. The number of amides is 1. The molecule has 0 radical (unpaired) electrons. The number of para-hydroxylation sites is 1. The first-order valence-corrected chi connectivity index (χ1v) is 11.8. The van der Waals surface area contributed by atoms with Crippen LogP contribution in [0, 0.1) is 0 Å². The fourth-order valence-corrected chi connectivity index (χ4v) is 4.30. The number of carbonyl (C=O) groups is 1. The highest BCUT2D eigenvalue weighted by atomic mass is 35.5.